The summed E-state index contributed by atoms with van der Waals surface area (Å²) in [5, 5.41) is 10.8. The number of anilines is 1. The minimum atomic E-state index is 0.715. The van der Waals surface area contributed by atoms with Gasteiger partial charge in [-0.2, -0.15) is 5.26 Å². The van der Waals surface area contributed by atoms with Gasteiger partial charge in [-0.15, -0.1) is 11.3 Å². The average molecular weight is 389 g/mol. The quantitative estimate of drug-likeness (QED) is 0.651. The van der Waals surface area contributed by atoms with Crippen LogP contribution in [-0.2, 0) is 6.54 Å². The molecule has 5 heteroatoms. The second-order valence-corrected chi connectivity index (χ2v) is 9.07. The van der Waals surface area contributed by atoms with Crippen molar-refractivity contribution >= 4 is 27.2 Å². The number of nitrogens with zero attached hydrogens (tertiary/aromatic N) is 4. The van der Waals surface area contributed by atoms with Crippen LogP contribution in [0.2, 0.25) is 0 Å². The zero-order valence-corrected chi connectivity index (χ0v) is 17.0. The molecule has 3 aromatic rings. The molecule has 2 fully saturated rings. The van der Waals surface area contributed by atoms with E-state index in [4.69, 9.17) is 4.98 Å². The summed E-state index contributed by atoms with van der Waals surface area (Å²) in [5.74, 6) is 0.715. The molecule has 28 heavy (non-hydrogen) atoms. The van der Waals surface area contributed by atoms with E-state index >= 15 is 0 Å². The van der Waals surface area contributed by atoms with Crippen LogP contribution < -0.4 is 4.90 Å². The van der Waals surface area contributed by atoms with E-state index in [1.807, 2.05) is 0 Å². The van der Waals surface area contributed by atoms with Gasteiger partial charge in [-0.3, -0.25) is 4.90 Å². The minimum absolute atomic E-state index is 0.715. The van der Waals surface area contributed by atoms with Gasteiger partial charge >= 0.3 is 0 Å². The van der Waals surface area contributed by atoms with Crippen molar-refractivity contribution in [3.05, 3.63) is 58.1 Å². The average Bonchev–Trinajstić information content (AvgIpc) is 3.47. The Bertz CT molecular complexity index is 1020. The molecule has 0 atom stereocenters. The van der Waals surface area contributed by atoms with Gasteiger partial charge in [0.1, 0.15) is 11.1 Å². The SMILES string of the molecule is Cc1cc(C#N)c(N2CCN(Cc3nc4ccccc4s3)CC2)cc1C1CC1. The highest BCUT2D eigenvalue weighted by atomic mass is 32.1. The fourth-order valence-corrected chi connectivity index (χ4v) is 5.23. The third-order valence-electron chi connectivity index (χ3n) is 5.93. The highest BCUT2D eigenvalue weighted by molar-refractivity contribution is 7.18. The Morgan fingerprint density at radius 2 is 1.93 bits per heavy atom. The van der Waals surface area contributed by atoms with E-state index < -0.39 is 0 Å². The van der Waals surface area contributed by atoms with Gasteiger partial charge < -0.3 is 4.90 Å². The number of rotatable bonds is 4. The lowest BCUT2D eigenvalue weighted by atomic mass is 9.99. The Morgan fingerprint density at radius 3 is 2.64 bits per heavy atom. The molecule has 1 aromatic heterocycles. The molecule has 1 aliphatic carbocycles. The molecule has 1 saturated carbocycles. The summed E-state index contributed by atoms with van der Waals surface area (Å²) in [7, 11) is 0. The summed E-state index contributed by atoms with van der Waals surface area (Å²) in [6.07, 6.45) is 2.59. The fraction of sp³-hybridized carbons (Fsp3) is 0.391. The molecule has 0 bridgehead atoms. The standard InChI is InChI=1S/C23H24N4S/c1-16-12-18(14-24)21(13-19(16)17-6-7-17)27-10-8-26(9-11-27)15-23-25-20-4-2-3-5-22(20)28-23/h2-5,12-13,17H,6-11,15H2,1H3. The Labute approximate surface area is 170 Å². The number of fused-ring (bicyclic) bond motifs is 1. The summed E-state index contributed by atoms with van der Waals surface area (Å²) in [6, 6.07) is 15.2. The topological polar surface area (TPSA) is 43.2 Å². The number of hydrogen-bond acceptors (Lipinski definition) is 5. The lowest BCUT2D eigenvalue weighted by molar-refractivity contribution is 0.249. The molecule has 2 aromatic carbocycles. The first-order chi connectivity index (χ1) is 13.7. The van der Waals surface area contributed by atoms with Gasteiger partial charge in [-0.1, -0.05) is 12.1 Å². The molecular weight excluding hydrogens is 364 g/mol. The number of benzene rings is 2. The van der Waals surface area contributed by atoms with Crippen molar-refractivity contribution in [3.63, 3.8) is 0 Å². The molecule has 2 aliphatic rings. The summed E-state index contributed by atoms with van der Waals surface area (Å²) in [5.41, 5.74) is 5.78. The number of aryl methyl sites for hydroxylation is 1. The van der Waals surface area contributed by atoms with Crippen LogP contribution in [0.4, 0.5) is 5.69 Å². The van der Waals surface area contributed by atoms with Crippen molar-refractivity contribution in [3.8, 4) is 6.07 Å². The largest absolute Gasteiger partial charge is 0.368 e. The first-order valence-corrected chi connectivity index (χ1v) is 10.9. The van der Waals surface area contributed by atoms with Crippen molar-refractivity contribution in [2.24, 2.45) is 0 Å². The van der Waals surface area contributed by atoms with Crippen LogP contribution in [0.25, 0.3) is 10.2 Å². The van der Waals surface area contributed by atoms with E-state index in [0.29, 0.717) is 5.92 Å². The van der Waals surface area contributed by atoms with E-state index in [0.717, 1.165) is 49.5 Å². The van der Waals surface area contributed by atoms with Crippen molar-refractivity contribution < 1.29 is 0 Å². The number of para-hydroxylation sites is 1. The maximum absolute atomic E-state index is 9.64. The second kappa shape index (κ2) is 7.20. The predicted octanol–water partition coefficient (Wildman–Crippen LogP) is 4.68. The third-order valence-corrected chi connectivity index (χ3v) is 6.95. The Hall–Kier alpha value is -2.42. The number of piperazine rings is 1. The molecule has 0 spiro atoms. The van der Waals surface area contributed by atoms with Gasteiger partial charge in [-0.25, -0.2) is 4.98 Å². The highest BCUT2D eigenvalue weighted by Gasteiger charge is 2.28. The Kier molecular flexibility index (Phi) is 4.54. The minimum Gasteiger partial charge on any atom is -0.368 e. The lowest BCUT2D eigenvalue weighted by Gasteiger charge is -2.36. The molecule has 0 radical (unpaired) electrons. The molecule has 4 nitrogen and oxygen atoms in total. The summed E-state index contributed by atoms with van der Waals surface area (Å²) in [6.45, 7) is 7.01. The van der Waals surface area contributed by atoms with Gasteiger partial charge in [0.05, 0.1) is 28.0 Å². The molecule has 142 valence electrons. The van der Waals surface area contributed by atoms with Gasteiger partial charge in [-0.05, 0) is 61.1 Å². The third kappa shape index (κ3) is 3.39. The van der Waals surface area contributed by atoms with E-state index in [9.17, 15) is 5.26 Å². The van der Waals surface area contributed by atoms with Crippen molar-refractivity contribution in [2.75, 3.05) is 31.1 Å². The molecule has 0 amide bonds. The van der Waals surface area contributed by atoms with Crippen molar-refractivity contribution in [1.82, 2.24) is 9.88 Å². The molecule has 1 saturated heterocycles. The van der Waals surface area contributed by atoms with Gasteiger partial charge in [0, 0.05) is 26.2 Å². The highest BCUT2D eigenvalue weighted by Crippen LogP contribution is 2.43. The fourth-order valence-electron chi connectivity index (χ4n) is 4.22. The number of thiazole rings is 1. The number of nitriles is 1. The first-order valence-electron chi connectivity index (χ1n) is 10.1. The smallest absolute Gasteiger partial charge is 0.108 e. The van der Waals surface area contributed by atoms with E-state index in [1.54, 1.807) is 11.3 Å². The normalized spacial score (nSPS) is 17.8. The maximum Gasteiger partial charge on any atom is 0.108 e. The van der Waals surface area contributed by atoms with Crippen molar-refractivity contribution in [2.45, 2.75) is 32.2 Å². The van der Waals surface area contributed by atoms with Crippen molar-refractivity contribution in [1.29, 1.82) is 5.26 Å². The van der Waals surface area contributed by atoms with E-state index in [2.05, 4.69) is 59.2 Å². The molecule has 1 aliphatic heterocycles. The van der Waals surface area contributed by atoms with Crippen LogP contribution in [0.1, 0.15) is 40.5 Å². The molecular formula is C23H24N4S. The lowest BCUT2D eigenvalue weighted by Crippen LogP contribution is -2.46. The molecule has 2 heterocycles. The zero-order chi connectivity index (χ0) is 19.1. The van der Waals surface area contributed by atoms with Gasteiger partial charge in [0.2, 0.25) is 0 Å². The Balaban J connectivity index is 1.29. The molecule has 5 rings (SSSR count). The van der Waals surface area contributed by atoms with Crippen LogP contribution in [0.3, 0.4) is 0 Å². The van der Waals surface area contributed by atoms with Crippen LogP contribution >= 0.6 is 11.3 Å². The van der Waals surface area contributed by atoms with Gasteiger partial charge in [0.15, 0.2) is 0 Å². The summed E-state index contributed by atoms with van der Waals surface area (Å²) >= 11 is 1.80. The monoisotopic (exact) mass is 388 g/mol. The number of aromatic nitrogens is 1. The summed E-state index contributed by atoms with van der Waals surface area (Å²) < 4.78 is 1.27. The maximum atomic E-state index is 9.64. The second-order valence-electron chi connectivity index (χ2n) is 7.95. The predicted molar refractivity (Wildman–Crippen MR) is 115 cm³/mol. The van der Waals surface area contributed by atoms with Gasteiger partial charge in [0.25, 0.3) is 0 Å². The Morgan fingerprint density at radius 1 is 1.14 bits per heavy atom. The molecule has 0 unspecified atom stereocenters. The zero-order valence-electron chi connectivity index (χ0n) is 16.2. The van der Waals surface area contributed by atoms with E-state index in [1.165, 1.54) is 33.7 Å². The van der Waals surface area contributed by atoms with Crippen LogP contribution in [-0.4, -0.2) is 36.1 Å². The van der Waals surface area contributed by atoms with Crippen LogP contribution in [0, 0.1) is 18.3 Å². The van der Waals surface area contributed by atoms with Crippen LogP contribution in [0.5, 0.6) is 0 Å². The van der Waals surface area contributed by atoms with E-state index in [-0.39, 0.29) is 0 Å². The summed E-state index contributed by atoms with van der Waals surface area (Å²) in [4.78, 5) is 9.66. The van der Waals surface area contributed by atoms with Crippen LogP contribution in [0.15, 0.2) is 36.4 Å². The first kappa shape index (κ1) is 17.7. The molecule has 0 N–H and O–H groups in total. The number of hydrogen-bond donors (Lipinski definition) is 0.